The normalized spacial score (nSPS) is 10.2. The van der Waals surface area contributed by atoms with Crippen molar-refractivity contribution in [2.24, 2.45) is 0 Å². The maximum absolute atomic E-state index is 4.43. The summed E-state index contributed by atoms with van der Waals surface area (Å²) in [7, 11) is 0. The Hall–Kier alpha value is -0.430. The molecule has 0 bridgehead atoms. The molecule has 0 aliphatic rings. The highest BCUT2D eigenvalue weighted by Crippen LogP contribution is 2.21. The van der Waals surface area contributed by atoms with Gasteiger partial charge in [0.05, 0.1) is 0 Å². The number of thiol groups is 1. The Bertz CT molecular complexity index is 264. The molecule has 0 radical (unpaired) electrons. The number of aryl methyl sites for hydroxylation is 2. The molecule has 0 saturated carbocycles. The van der Waals surface area contributed by atoms with E-state index in [1.165, 1.54) is 16.7 Å². The van der Waals surface area contributed by atoms with Crippen molar-refractivity contribution >= 4 is 12.6 Å². The summed E-state index contributed by atoms with van der Waals surface area (Å²) in [5.41, 5.74) is 4.00. The van der Waals surface area contributed by atoms with Crippen LogP contribution < -0.4 is 0 Å². The summed E-state index contributed by atoms with van der Waals surface area (Å²) in [6, 6.07) is 4.32. The van der Waals surface area contributed by atoms with Crippen LogP contribution in [0.15, 0.2) is 17.0 Å². The van der Waals surface area contributed by atoms with Gasteiger partial charge < -0.3 is 0 Å². The van der Waals surface area contributed by atoms with E-state index in [0.717, 1.165) is 11.3 Å². The van der Waals surface area contributed by atoms with Crippen LogP contribution in [-0.4, -0.2) is 0 Å². The van der Waals surface area contributed by atoms with Crippen molar-refractivity contribution in [3.05, 3.63) is 28.8 Å². The maximum atomic E-state index is 4.43. The Kier molecular flexibility index (Phi) is 2.61. The average Bonchev–Trinajstić information content (AvgIpc) is 2.01. The lowest BCUT2D eigenvalue weighted by Crippen LogP contribution is -1.89. The van der Waals surface area contributed by atoms with E-state index in [2.05, 4.69) is 45.5 Å². The fourth-order valence-corrected chi connectivity index (χ4v) is 1.48. The molecule has 0 spiro atoms. The van der Waals surface area contributed by atoms with Gasteiger partial charge in [-0.3, -0.25) is 0 Å². The summed E-state index contributed by atoms with van der Waals surface area (Å²) in [4.78, 5) is 1.14. The minimum absolute atomic E-state index is 1.10. The van der Waals surface area contributed by atoms with Crippen LogP contribution in [0.4, 0.5) is 0 Å². The molecule has 0 heterocycles. The SMILES string of the molecule is CCc1ccc(C)c(S)c1C. The molecule has 0 N–H and O–H groups in total. The monoisotopic (exact) mass is 166 g/mol. The zero-order valence-corrected chi connectivity index (χ0v) is 8.20. The lowest BCUT2D eigenvalue weighted by molar-refractivity contribution is 1.06. The molecule has 1 heteroatoms. The molecule has 0 amide bonds. The second-order valence-electron chi connectivity index (χ2n) is 2.87. The van der Waals surface area contributed by atoms with E-state index in [1.807, 2.05) is 0 Å². The molecule has 1 rings (SSSR count). The van der Waals surface area contributed by atoms with Crippen LogP contribution in [0.25, 0.3) is 0 Å². The molecule has 1 aromatic carbocycles. The third kappa shape index (κ3) is 1.59. The molecule has 0 unspecified atom stereocenters. The van der Waals surface area contributed by atoms with Gasteiger partial charge in [0.15, 0.2) is 0 Å². The molecular formula is C10H14S. The van der Waals surface area contributed by atoms with Gasteiger partial charge in [0.1, 0.15) is 0 Å². The van der Waals surface area contributed by atoms with Gasteiger partial charge in [0, 0.05) is 4.90 Å². The summed E-state index contributed by atoms with van der Waals surface area (Å²) in [6.45, 7) is 6.40. The molecular weight excluding hydrogens is 152 g/mol. The quantitative estimate of drug-likeness (QED) is 0.609. The fraction of sp³-hybridized carbons (Fsp3) is 0.400. The molecule has 0 aromatic heterocycles. The second kappa shape index (κ2) is 3.31. The Morgan fingerprint density at radius 1 is 1.27 bits per heavy atom. The molecule has 11 heavy (non-hydrogen) atoms. The number of benzene rings is 1. The van der Waals surface area contributed by atoms with E-state index >= 15 is 0 Å². The number of hydrogen-bond acceptors (Lipinski definition) is 1. The van der Waals surface area contributed by atoms with Gasteiger partial charge >= 0.3 is 0 Å². The van der Waals surface area contributed by atoms with Crippen LogP contribution in [0.3, 0.4) is 0 Å². The zero-order valence-electron chi connectivity index (χ0n) is 7.31. The summed E-state index contributed by atoms with van der Waals surface area (Å²) in [5.74, 6) is 0. The summed E-state index contributed by atoms with van der Waals surface area (Å²) in [5, 5.41) is 0. The molecule has 0 atom stereocenters. The number of hydrogen-bond donors (Lipinski definition) is 1. The third-order valence-electron chi connectivity index (χ3n) is 2.13. The molecule has 1 aromatic rings. The lowest BCUT2D eigenvalue weighted by Gasteiger charge is -2.07. The molecule has 0 nitrogen and oxygen atoms in total. The van der Waals surface area contributed by atoms with Crippen LogP contribution in [0, 0.1) is 13.8 Å². The van der Waals surface area contributed by atoms with Gasteiger partial charge in [-0.1, -0.05) is 19.1 Å². The van der Waals surface area contributed by atoms with Crippen molar-refractivity contribution in [3.63, 3.8) is 0 Å². The average molecular weight is 166 g/mol. The molecule has 0 aliphatic carbocycles. The molecule has 60 valence electrons. The van der Waals surface area contributed by atoms with Crippen LogP contribution >= 0.6 is 12.6 Å². The van der Waals surface area contributed by atoms with E-state index in [-0.39, 0.29) is 0 Å². The first-order valence-electron chi connectivity index (χ1n) is 3.94. The Morgan fingerprint density at radius 2 is 1.91 bits per heavy atom. The van der Waals surface area contributed by atoms with Crippen molar-refractivity contribution in [2.75, 3.05) is 0 Å². The second-order valence-corrected chi connectivity index (χ2v) is 3.32. The van der Waals surface area contributed by atoms with E-state index in [1.54, 1.807) is 0 Å². The third-order valence-corrected chi connectivity index (χ3v) is 2.81. The van der Waals surface area contributed by atoms with E-state index in [9.17, 15) is 0 Å². The topological polar surface area (TPSA) is 0 Å². The highest BCUT2D eigenvalue weighted by Gasteiger charge is 2.01. The van der Waals surface area contributed by atoms with E-state index in [4.69, 9.17) is 0 Å². The van der Waals surface area contributed by atoms with Gasteiger partial charge in [-0.25, -0.2) is 0 Å². The van der Waals surface area contributed by atoms with Crippen molar-refractivity contribution in [1.82, 2.24) is 0 Å². The van der Waals surface area contributed by atoms with Gasteiger partial charge in [0.25, 0.3) is 0 Å². The Labute approximate surface area is 74.0 Å². The highest BCUT2D eigenvalue weighted by molar-refractivity contribution is 7.80. The van der Waals surface area contributed by atoms with Crippen LogP contribution in [0.1, 0.15) is 23.6 Å². The van der Waals surface area contributed by atoms with Crippen LogP contribution in [0.5, 0.6) is 0 Å². The standard InChI is InChI=1S/C10H14S/c1-4-9-6-5-7(2)10(11)8(9)3/h5-6,11H,4H2,1-3H3. The zero-order chi connectivity index (χ0) is 8.43. The van der Waals surface area contributed by atoms with Crippen molar-refractivity contribution in [2.45, 2.75) is 32.1 Å². The van der Waals surface area contributed by atoms with Crippen LogP contribution in [0.2, 0.25) is 0 Å². The van der Waals surface area contributed by atoms with E-state index < -0.39 is 0 Å². The smallest absolute Gasteiger partial charge is 0.0101 e. The van der Waals surface area contributed by atoms with Gasteiger partial charge in [0.2, 0.25) is 0 Å². The van der Waals surface area contributed by atoms with Crippen molar-refractivity contribution < 1.29 is 0 Å². The van der Waals surface area contributed by atoms with Crippen LogP contribution in [-0.2, 0) is 6.42 Å². The predicted molar refractivity (Wildman–Crippen MR) is 52.5 cm³/mol. The minimum atomic E-state index is 1.10. The Morgan fingerprint density at radius 3 is 2.45 bits per heavy atom. The first-order valence-corrected chi connectivity index (χ1v) is 4.39. The lowest BCUT2D eigenvalue weighted by atomic mass is 10.0. The van der Waals surface area contributed by atoms with Crippen molar-refractivity contribution in [3.8, 4) is 0 Å². The highest BCUT2D eigenvalue weighted by atomic mass is 32.1. The first-order chi connectivity index (χ1) is 5.16. The van der Waals surface area contributed by atoms with Crippen molar-refractivity contribution in [1.29, 1.82) is 0 Å². The fourth-order valence-electron chi connectivity index (χ4n) is 1.26. The number of rotatable bonds is 1. The first kappa shape index (κ1) is 8.66. The van der Waals surface area contributed by atoms with E-state index in [0.29, 0.717) is 0 Å². The predicted octanol–water partition coefficient (Wildman–Crippen LogP) is 3.15. The van der Waals surface area contributed by atoms with Gasteiger partial charge in [-0.15, -0.1) is 12.6 Å². The summed E-state index contributed by atoms with van der Waals surface area (Å²) in [6.07, 6.45) is 1.10. The molecule has 0 aliphatic heterocycles. The molecule has 0 saturated heterocycles. The Balaban J connectivity index is 3.25. The minimum Gasteiger partial charge on any atom is -0.143 e. The summed E-state index contributed by atoms with van der Waals surface area (Å²) >= 11 is 4.43. The summed E-state index contributed by atoms with van der Waals surface area (Å²) < 4.78 is 0. The van der Waals surface area contributed by atoms with Gasteiger partial charge in [-0.2, -0.15) is 0 Å². The van der Waals surface area contributed by atoms with Gasteiger partial charge in [-0.05, 0) is 37.0 Å². The maximum Gasteiger partial charge on any atom is 0.0101 e. The largest absolute Gasteiger partial charge is 0.143 e. The molecule has 0 fully saturated rings.